The highest BCUT2D eigenvalue weighted by Gasteiger charge is 2.14. The Kier molecular flexibility index (Phi) is 6.22. The van der Waals surface area contributed by atoms with Crippen LogP contribution in [0.15, 0.2) is 67.0 Å². The molecule has 6 nitrogen and oxygen atoms in total. The minimum absolute atomic E-state index is 0.572. The number of benzene rings is 2. The van der Waals surface area contributed by atoms with Crippen LogP contribution in [0.25, 0.3) is 11.3 Å². The Morgan fingerprint density at radius 2 is 1.69 bits per heavy atom. The van der Waals surface area contributed by atoms with Gasteiger partial charge >= 0.3 is 0 Å². The van der Waals surface area contributed by atoms with E-state index in [0.29, 0.717) is 13.2 Å². The van der Waals surface area contributed by atoms with Crippen molar-refractivity contribution >= 4 is 11.5 Å². The highest BCUT2D eigenvalue weighted by molar-refractivity contribution is 5.65. The van der Waals surface area contributed by atoms with Gasteiger partial charge in [0.1, 0.15) is 24.5 Å². The topological polar surface area (TPSA) is 53.5 Å². The molecule has 150 valence electrons. The summed E-state index contributed by atoms with van der Waals surface area (Å²) in [5.74, 6) is 1.67. The van der Waals surface area contributed by atoms with Crippen LogP contribution >= 0.6 is 0 Å². The molecule has 0 amide bonds. The zero-order valence-corrected chi connectivity index (χ0v) is 16.8. The second-order valence-corrected chi connectivity index (χ2v) is 7.21. The van der Waals surface area contributed by atoms with Crippen LogP contribution in [0.2, 0.25) is 0 Å². The number of aromatic nitrogens is 2. The number of nitrogens with zero attached hydrogens (tertiary/aromatic N) is 4. The van der Waals surface area contributed by atoms with Crippen molar-refractivity contribution in [1.82, 2.24) is 14.9 Å². The predicted octanol–water partition coefficient (Wildman–Crippen LogP) is 3.39. The Balaban J connectivity index is 1.33. The quantitative estimate of drug-likeness (QED) is 0.625. The predicted molar refractivity (Wildman–Crippen MR) is 118 cm³/mol. The van der Waals surface area contributed by atoms with E-state index in [4.69, 9.17) is 4.74 Å². The van der Waals surface area contributed by atoms with E-state index in [-0.39, 0.29) is 0 Å². The molecule has 0 aliphatic carbocycles. The average Bonchev–Trinajstić information content (AvgIpc) is 2.78. The molecule has 29 heavy (non-hydrogen) atoms. The third kappa shape index (κ3) is 5.23. The van der Waals surface area contributed by atoms with Crippen LogP contribution < -0.4 is 15.0 Å². The van der Waals surface area contributed by atoms with E-state index in [9.17, 15) is 0 Å². The number of nitrogens with one attached hydrogen (secondary N) is 1. The first-order valence-corrected chi connectivity index (χ1v) is 10.1. The summed E-state index contributed by atoms with van der Waals surface area (Å²) in [4.78, 5) is 13.6. The Morgan fingerprint density at radius 3 is 2.45 bits per heavy atom. The first-order valence-electron chi connectivity index (χ1n) is 10.1. The maximum Gasteiger partial charge on any atom is 0.130 e. The van der Waals surface area contributed by atoms with Gasteiger partial charge in [-0.3, -0.25) is 0 Å². The van der Waals surface area contributed by atoms with Crippen LogP contribution in [-0.2, 0) is 0 Å². The van der Waals surface area contributed by atoms with E-state index in [1.54, 1.807) is 6.33 Å². The lowest BCUT2D eigenvalue weighted by Crippen LogP contribution is -2.44. The molecule has 0 saturated carbocycles. The maximum atomic E-state index is 5.71. The van der Waals surface area contributed by atoms with Crippen LogP contribution in [-0.4, -0.2) is 61.2 Å². The van der Waals surface area contributed by atoms with E-state index in [0.717, 1.165) is 49.0 Å². The number of piperazine rings is 1. The Hall–Kier alpha value is -3.12. The van der Waals surface area contributed by atoms with Crippen molar-refractivity contribution in [3.05, 3.63) is 67.0 Å². The smallest absolute Gasteiger partial charge is 0.130 e. The highest BCUT2D eigenvalue weighted by Crippen LogP contribution is 2.23. The molecule has 0 radical (unpaired) electrons. The van der Waals surface area contributed by atoms with Gasteiger partial charge in [0, 0.05) is 43.5 Å². The van der Waals surface area contributed by atoms with Crippen LogP contribution in [0, 0.1) is 0 Å². The summed E-state index contributed by atoms with van der Waals surface area (Å²) in [5, 5.41) is 3.30. The van der Waals surface area contributed by atoms with Crippen molar-refractivity contribution in [1.29, 1.82) is 0 Å². The third-order valence-electron chi connectivity index (χ3n) is 5.12. The maximum absolute atomic E-state index is 5.71. The van der Waals surface area contributed by atoms with Crippen LogP contribution in [0.1, 0.15) is 0 Å². The molecular weight excluding hydrogens is 362 g/mol. The lowest BCUT2D eigenvalue weighted by atomic mass is 10.1. The Bertz CT molecular complexity index is 893. The minimum Gasteiger partial charge on any atom is -0.492 e. The van der Waals surface area contributed by atoms with E-state index < -0.39 is 0 Å². The molecule has 0 atom stereocenters. The van der Waals surface area contributed by atoms with E-state index in [1.165, 1.54) is 5.69 Å². The summed E-state index contributed by atoms with van der Waals surface area (Å²) in [6.07, 6.45) is 1.60. The molecule has 0 unspecified atom stereocenters. The SMILES string of the molecule is CN1CCN(c2ccc(-c3cc(NCCOc4ccccc4)ncn3)cc2)CC1. The Morgan fingerprint density at radius 1 is 0.931 bits per heavy atom. The van der Waals surface area contributed by atoms with Crippen LogP contribution in [0.4, 0.5) is 11.5 Å². The summed E-state index contributed by atoms with van der Waals surface area (Å²) >= 11 is 0. The molecule has 1 N–H and O–H groups in total. The van der Waals surface area contributed by atoms with Crippen LogP contribution in [0.5, 0.6) is 5.75 Å². The van der Waals surface area contributed by atoms with E-state index >= 15 is 0 Å². The van der Waals surface area contributed by atoms with Gasteiger partial charge < -0.3 is 19.9 Å². The number of ether oxygens (including phenoxy) is 1. The molecule has 2 heterocycles. The van der Waals surface area contributed by atoms with Gasteiger partial charge in [-0.2, -0.15) is 0 Å². The molecule has 3 aromatic rings. The lowest BCUT2D eigenvalue weighted by molar-refractivity contribution is 0.313. The standard InChI is InChI=1S/C23H27N5O/c1-27-12-14-28(15-13-27)20-9-7-19(8-10-20)22-17-23(26-18-25-22)24-11-16-29-21-5-3-2-4-6-21/h2-10,17-18H,11-16H2,1H3,(H,24,25,26). The minimum atomic E-state index is 0.572. The van der Waals surface area contributed by atoms with Gasteiger partial charge in [-0.1, -0.05) is 30.3 Å². The molecule has 1 aromatic heterocycles. The normalized spacial score (nSPS) is 14.6. The van der Waals surface area contributed by atoms with Gasteiger partial charge in [0.25, 0.3) is 0 Å². The summed E-state index contributed by atoms with van der Waals surface area (Å²) < 4.78 is 5.71. The number of anilines is 2. The van der Waals surface area contributed by atoms with Crippen molar-refractivity contribution in [3.8, 4) is 17.0 Å². The Labute approximate surface area is 172 Å². The van der Waals surface area contributed by atoms with Gasteiger partial charge in [0.2, 0.25) is 0 Å². The molecule has 0 bridgehead atoms. The lowest BCUT2D eigenvalue weighted by Gasteiger charge is -2.34. The zero-order valence-electron chi connectivity index (χ0n) is 16.8. The van der Waals surface area contributed by atoms with Gasteiger partial charge in [-0.05, 0) is 31.3 Å². The zero-order chi connectivity index (χ0) is 19.9. The molecule has 1 saturated heterocycles. The second kappa shape index (κ2) is 9.39. The third-order valence-corrected chi connectivity index (χ3v) is 5.12. The van der Waals surface area contributed by atoms with Crippen molar-refractivity contribution in [2.75, 3.05) is 56.6 Å². The van der Waals surface area contributed by atoms with Crippen molar-refractivity contribution < 1.29 is 4.74 Å². The summed E-state index contributed by atoms with van der Waals surface area (Å²) in [6.45, 7) is 5.61. The van der Waals surface area contributed by atoms with Crippen molar-refractivity contribution in [2.45, 2.75) is 0 Å². The molecule has 1 aliphatic heterocycles. The van der Waals surface area contributed by atoms with Gasteiger partial charge in [-0.25, -0.2) is 9.97 Å². The number of hydrogen-bond acceptors (Lipinski definition) is 6. The number of para-hydroxylation sites is 1. The second-order valence-electron chi connectivity index (χ2n) is 7.21. The molecular formula is C23H27N5O. The summed E-state index contributed by atoms with van der Waals surface area (Å²) in [6, 6.07) is 20.4. The number of hydrogen-bond donors (Lipinski definition) is 1. The average molecular weight is 390 g/mol. The molecule has 1 aliphatic rings. The fourth-order valence-electron chi connectivity index (χ4n) is 3.38. The fourth-order valence-corrected chi connectivity index (χ4v) is 3.38. The highest BCUT2D eigenvalue weighted by atomic mass is 16.5. The van der Waals surface area contributed by atoms with Crippen LogP contribution in [0.3, 0.4) is 0 Å². The summed E-state index contributed by atoms with van der Waals surface area (Å²) in [5.41, 5.74) is 3.28. The van der Waals surface area contributed by atoms with Gasteiger partial charge in [0.05, 0.1) is 12.2 Å². The monoisotopic (exact) mass is 389 g/mol. The number of likely N-dealkylation sites (N-methyl/N-ethyl adjacent to an activating group) is 1. The molecule has 2 aromatic carbocycles. The molecule has 4 rings (SSSR count). The largest absolute Gasteiger partial charge is 0.492 e. The van der Waals surface area contributed by atoms with Crippen molar-refractivity contribution in [3.63, 3.8) is 0 Å². The van der Waals surface area contributed by atoms with Gasteiger partial charge in [0.15, 0.2) is 0 Å². The van der Waals surface area contributed by atoms with Crippen molar-refractivity contribution in [2.24, 2.45) is 0 Å². The van der Waals surface area contributed by atoms with Gasteiger partial charge in [-0.15, -0.1) is 0 Å². The molecule has 6 heteroatoms. The van der Waals surface area contributed by atoms with E-state index in [2.05, 4.69) is 56.4 Å². The molecule has 0 spiro atoms. The molecule has 1 fully saturated rings. The van der Waals surface area contributed by atoms with E-state index in [1.807, 2.05) is 36.4 Å². The summed E-state index contributed by atoms with van der Waals surface area (Å²) in [7, 11) is 2.18. The number of rotatable bonds is 7. The first kappa shape index (κ1) is 19.2. The fraction of sp³-hybridized carbons (Fsp3) is 0.304. The first-order chi connectivity index (χ1) is 14.3.